The summed E-state index contributed by atoms with van der Waals surface area (Å²) in [7, 11) is 0. The van der Waals surface area contributed by atoms with Gasteiger partial charge in [0.15, 0.2) is 0 Å². The predicted octanol–water partition coefficient (Wildman–Crippen LogP) is 1.99. The third kappa shape index (κ3) is 3.03. The van der Waals surface area contributed by atoms with Crippen LogP contribution in [0.3, 0.4) is 0 Å². The van der Waals surface area contributed by atoms with Gasteiger partial charge in [-0.05, 0) is 26.2 Å². The Bertz CT molecular complexity index is 359. The molecule has 1 aliphatic heterocycles. The van der Waals surface area contributed by atoms with E-state index in [2.05, 4.69) is 11.4 Å². The SMILES string of the molecule is CCC(CC)(NC(=O)N1CCC=C(C)C1)C(=O)O. The molecule has 0 aromatic heterocycles. The molecule has 5 nitrogen and oxygen atoms in total. The van der Waals surface area contributed by atoms with Crippen molar-refractivity contribution < 1.29 is 14.7 Å². The molecule has 0 saturated heterocycles. The van der Waals surface area contributed by atoms with Crippen LogP contribution in [0.25, 0.3) is 0 Å². The fraction of sp³-hybridized carbons (Fsp3) is 0.692. The number of amides is 2. The van der Waals surface area contributed by atoms with Gasteiger partial charge in [-0.3, -0.25) is 0 Å². The lowest BCUT2D eigenvalue weighted by Gasteiger charge is -2.33. The number of rotatable bonds is 4. The fourth-order valence-electron chi connectivity index (χ4n) is 2.15. The van der Waals surface area contributed by atoms with Crippen molar-refractivity contribution in [2.75, 3.05) is 13.1 Å². The number of carbonyl (C=O) groups excluding carboxylic acids is 1. The quantitative estimate of drug-likeness (QED) is 0.754. The second kappa shape index (κ2) is 5.89. The molecule has 5 heteroatoms. The molecule has 0 bridgehead atoms. The molecule has 0 radical (unpaired) electrons. The average molecular weight is 254 g/mol. The van der Waals surface area contributed by atoms with Gasteiger partial charge in [-0.2, -0.15) is 0 Å². The summed E-state index contributed by atoms with van der Waals surface area (Å²) in [6.45, 7) is 6.75. The van der Waals surface area contributed by atoms with E-state index in [1.807, 2.05) is 6.92 Å². The summed E-state index contributed by atoms with van der Waals surface area (Å²) >= 11 is 0. The van der Waals surface area contributed by atoms with Crippen molar-refractivity contribution in [3.63, 3.8) is 0 Å². The van der Waals surface area contributed by atoms with Crippen molar-refractivity contribution in [1.29, 1.82) is 0 Å². The summed E-state index contributed by atoms with van der Waals surface area (Å²) in [6, 6.07) is -0.284. The number of carboxylic acids is 1. The second-order valence-corrected chi connectivity index (χ2v) is 4.79. The maximum atomic E-state index is 12.1. The highest BCUT2D eigenvalue weighted by Gasteiger charge is 2.37. The number of urea groups is 1. The minimum atomic E-state index is -1.15. The molecule has 0 fully saturated rings. The third-order valence-corrected chi connectivity index (χ3v) is 3.58. The van der Waals surface area contributed by atoms with Crippen molar-refractivity contribution in [3.8, 4) is 0 Å². The summed E-state index contributed by atoms with van der Waals surface area (Å²) in [5.74, 6) is -0.967. The Morgan fingerprint density at radius 1 is 1.44 bits per heavy atom. The van der Waals surface area contributed by atoms with Crippen LogP contribution in [-0.4, -0.2) is 40.6 Å². The topological polar surface area (TPSA) is 69.6 Å². The Morgan fingerprint density at radius 3 is 2.50 bits per heavy atom. The lowest BCUT2D eigenvalue weighted by molar-refractivity contribution is -0.144. The van der Waals surface area contributed by atoms with E-state index in [1.165, 1.54) is 0 Å². The summed E-state index contributed by atoms with van der Waals surface area (Å²) in [5.41, 5.74) is -0.00286. The molecule has 1 heterocycles. The summed E-state index contributed by atoms with van der Waals surface area (Å²) in [5, 5.41) is 12.0. The molecule has 0 saturated carbocycles. The third-order valence-electron chi connectivity index (χ3n) is 3.58. The molecule has 0 unspecified atom stereocenters. The van der Waals surface area contributed by atoms with Crippen LogP contribution in [-0.2, 0) is 4.79 Å². The number of carboxylic acid groups (broad SMARTS) is 1. The van der Waals surface area contributed by atoms with E-state index in [0.29, 0.717) is 25.9 Å². The lowest BCUT2D eigenvalue weighted by Crippen LogP contribution is -2.57. The van der Waals surface area contributed by atoms with Crippen molar-refractivity contribution in [1.82, 2.24) is 10.2 Å². The molecule has 0 spiro atoms. The van der Waals surface area contributed by atoms with Crippen molar-refractivity contribution in [3.05, 3.63) is 11.6 Å². The molecule has 0 aromatic rings. The first-order chi connectivity index (χ1) is 8.45. The van der Waals surface area contributed by atoms with Crippen molar-refractivity contribution in [2.45, 2.75) is 45.6 Å². The Balaban J connectivity index is 2.73. The zero-order valence-electron chi connectivity index (χ0n) is 11.3. The van der Waals surface area contributed by atoms with Crippen LogP contribution in [0.4, 0.5) is 4.79 Å². The molecular weight excluding hydrogens is 232 g/mol. The average Bonchev–Trinajstić information content (AvgIpc) is 2.35. The molecule has 0 aromatic carbocycles. The number of aliphatic carboxylic acids is 1. The molecule has 0 atom stereocenters. The minimum absolute atomic E-state index is 0.284. The maximum Gasteiger partial charge on any atom is 0.329 e. The van der Waals surface area contributed by atoms with Gasteiger partial charge in [-0.15, -0.1) is 0 Å². The summed E-state index contributed by atoms with van der Waals surface area (Å²) < 4.78 is 0. The Labute approximate surface area is 108 Å². The van der Waals surface area contributed by atoms with Crippen molar-refractivity contribution >= 4 is 12.0 Å². The minimum Gasteiger partial charge on any atom is -0.480 e. The Morgan fingerprint density at radius 2 is 2.06 bits per heavy atom. The Kier molecular flexibility index (Phi) is 4.76. The van der Waals surface area contributed by atoms with Gasteiger partial charge < -0.3 is 15.3 Å². The number of hydrogen-bond acceptors (Lipinski definition) is 2. The molecule has 0 aliphatic carbocycles. The zero-order valence-corrected chi connectivity index (χ0v) is 11.3. The van der Waals surface area contributed by atoms with Gasteiger partial charge in [0.1, 0.15) is 5.54 Å². The smallest absolute Gasteiger partial charge is 0.329 e. The number of nitrogens with zero attached hydrogens (tertiary/aromatic N) is 1. The van der Waals surface area contributed by atoms with Gasteiger partial charge in [0, 0.05) is 13.1 Å². The number of nitrogens with one attached hydrogen (secondary N) is 1. The van der Waals surface area contributed by atoms with Crippen LogP contribution in [0.1, 0.15) is 40.0 Å². The standard InChI is InChI=1S/C13H22N2O3/c1-4-13(5-2,11(16)17)14-12(18)15-8-6-7-10(3)9-15/h7H,4-6,8-9H2,1-3H3,(H,14,18)(H,16,17). The molecule has 1 rings (SSSR count). The predicted molar refractivity (Wildman–Crippen MR) is 69.4 cm³/mol. The zero-order chi connectivity index (χ0) is 13.8. The van der Waals surface area contributed by atoms with Crippen LogP contribution < -0.4 is 5.32 Å². The maximum absolute atomic E-state index is 12.1. The molecule has 2 N–H and O–H groups in total. The molecule has 1 aliphatic rings. The highest BCUT2D eigenvalue weighted by Crippen LogP contribution is 2.17. The van der Waals surface area contributed by atoms with E-state index in [4.69, 9.17) is 0 Å². The van der Waals surface area contributed by atoms with E-state index in [-0.39, 0.29) is 6.03 Å². The number of carbonyl (C=O) groups is 2. The van der Waals surface area contributed by atoms with Gasteiger partial charge in [0.05, 0.1) is 0 Å². The Hall–Kier alpha value is -1.52. The van der Waals surface area contributed by atoms with Crippen LogP contribution in [0.5, 0.6) is 0 Å². The number of hydrogen-bond donors (Lipinski definition) is 2. The first kappa shape index (κ1) is 14.5. The van der Waals surface area contributed by atoms with E-state index < -0.39 is 11.5 Å². The molecule has 102 valence electrons. The highest BCUT2D eigenvalue weighted by atomic mass is 16.4. The van der Waals surface area contributed by atoms with E-state index in [1.54, 1.807) is 18.7 Å². The van der Waals surface area contributed by atoms with Gasteiger partial charge >= 0.3 is 12.0 Å². The van der Waals surface area contributed by atoms with Crippen LogP contribution in [0.2, 0.25) is 0 Å². The van der Waals surface area contributed by atoms with Gasteiger partial charge in [-0.25, -0.2) is 9.59 Å². The second-order valence-electron chi connectivity index (χ2n) is 4.79. The molecule has 18 heavy (non-hydrogen) atoms. The fourth-order valence-corrected chi connectivity index (χ4v) is 2.15. The summed E-state index contributed by atoms with van der Waals surface area (Å²) in [4.78, 5) is 25.1. The summed E-state index contributed by atoms with van der Waals surface area (Å²) in [6.07, 6.45) is 3.70. The van der Waals surface area contributed by atoms with Gasteiger partial charge in [0.25, 0.3) is 0 Å². The lowest BCUT2D eigenvalue weighted by atomic mass is 9.93. The van der Waals surface area contributed by atoms with Crippen LogP contribution in [0.15, 0.2) is 11.6 Å². The largest absolute Gasteiger partial charge is 0.480 e. The monoisotopic (exact) mass is 254 g/mol. The van der Waals surface area contributed by atoms with Gasteiger partial charge in [-0.1, -0.05) is 25.5 Å². The van der Waals surface area contributed by atoms with E-state index >= 15 is 0 Å². The first-order valence-electron chi connectivity index (χ1n) is 6.41. The van der Waals surface area contributed by atoms with Gasteiger partial charge in [0.2, 0.25) is 0 Å². The highest BCUT2D eigenvalue weighted by molar-refractivity contribution is 5.86. The normalized spacial score (nSPS) is 16.2. The first-order valence-corrected chi connectivity index (χ1v) is 6.41. The van der Waals surface area contributed by atoms with Crippen LogP contribution in [0, 0.1) is 0 Å². The van der Waals surface area contributed by atoms with E-state index in [9.17, 15) is 14.7 Å². The van der Waals surface area contributed by atoms with E-state index in [0.717, 1.165) is 12.0 Å². The molecule has 2 amide bonds. The van der Waals surface area contributed by atoms with Crippen molar-refractivity contribution in [2.24, 2.45) is 0 Å². The van der Waals surface area contributed by atoms with Crippen LogP contribution >= 0.6 is 0 Å². The molecular formula is C13H22N2O3.